The van der Waals surface area contributed by atoms with Crippen molar-refractivity contribution in [1.82, 2.24) is 5.32 Å². The number of halogens is 1. The van der Waals surface area contributed by atoms with Crippen molar-refractivity contribution < 1.29 is 0 Å². The standard InChI is InChI=1S/C12H16ClN.C6H13N/c13-12-3-1-10(2-4-12)9-11-5-7-14-8-6-11;7-6-4-2-1-3-5-6/h1-4,11,14H,5-9H2;6H,1-5,7H2. The molecule has 2 nitrogen and oxygen atoms in total. The smallest absolute Gasteiger partial charge is 0.0406 e. The maximum absolute atomic E-state index is 5.84. The van der Waals surface area contributed by atoms with E-state index in [1.807, 2.05) is 12.1 Å². The van der Waals surface area contributed by atoms with E-state index in [0.29, 0.717) is 6.04 Å². The van der Waals surface area contributed by atoms with Gasteiger partial charge in [-0.3, -0.25) is 0 Å². The lowest BCUT2D eigenvalue weighted by atomic mass is 9.91. The van der Waals surface area contributed by atoms with Gasteiger partial charge in [-0.25, -0.2) is 0 Å². The fourth-order valence-electron chi connectivity index (χ4n) is 3.17. The maximum atomic E-state index is 5.84. The molecule has 1 aromatic carbocycles. The Bertz CT molecular complexity index is 379. The van der Waals surface area contributed by atoms with Gasteiger partial charge in [0, 0.05) is 11.1 Å². The van der Waals surface area contributed by atoms with Gasteiger partial charge in [0.05, 0.1) is 0 Å². The fraction of sp³-hybridized carbons (Fsp3) is 0.667. The molecule has 0 amide bonds. The van der Waals surface area contributed by atoms with Crippen LogP contribution in [-0.2, 0) is 6.42 Å². The summed E-state index contributed by atoms with van der Waals surface area (Å²) in [5.41, 5.74) is 7.05. The summed E-state index contributed by atoms with van der Waals surface area (Å²) in [6.45, 7) is 2.36. The summed E-state index contributed by atoms with van der Waals surface area (Å²) in [6, 6.07) is 8.79. The second-order valence-electron chi connectivity index (χ2n) is 6.42. The minimum absolute atomic E-state index is 0.536. The highest BCUT2D eigenvalue weighted by Gasteiger charge is 2.13. The zero-order valence-corrected chi connectivity index (χ0v) is 13.7. The number of nitrogens with one attached hydrogen (secondary N) is 1. The van der Waals surface area contributed by atoms with Crippen LogP contribution < -0.4 is 11.1 Å². The molecule has 2 aliphatic rings. The molecule has 0 radical (unpaired) electrons. The summed E-state index contributed by atoms with van der Waals surface area (Å²) >= 11 is 5.84. The molecule has 0 bridgehead atoms. The summed E-state index contributed by atoms with van der Waals surface area (Å²) in [6.07, 6.45) is 10.5. The number of hydrogen-bond donors (Lipinski definition) is 2. The second-order valence-corrected chi connectivity index (χ2v) is 6.86. The summed E-state index contributed by atoms with van der Waals surface area (Å²) in [5, 5.41) is 4.22. The summed E-state index contributed by atoms with van der Waals surface area (Å²) in [7, 11) is 0. The molecule has 0 spiro atoms. The van der Waals surface area contributed by atoms with Crippen LogP contribution in [0.5, 0.6) is 0 Å². The van der Waals surface area contributed by atoms with Crippen LogP contribution in [0.15, 0.2) is 24.3 Å². The molecule has 2 fully saturated rings. The van der Waals surface area contributed by atoms with Gasteiger partial charge in [-0.1, -0.05) is 43.0 Å². The molecule has 3 rings (SSSR count). The Morgan fingerprint density at radius 1 is 0.952 bits per heavy atom. The van der Waals surface area contributed by atoms with E-state index in [1.54, 1.807) is 0 Å². The lowest BCUT2D eigenvalue weighted by molar-refractivity contribution is 0.372. The zero-order chi connectivity index (χ0) is 14.9. The van der Waals surface area contributed by atoms with Crippen molar-refractivity contribution in [2.45, 2.75) is 57.4 Å². The first kappa shape index (κ1) is 16.8. The number of piperidine rings is 1. The van der Waals surface area contributed by atoms with Crippen LogP contribution in [0.3, 0.4) is 0 Å². The first-order chi connectivity index (χ1) is 10.2. The SMILES string of the molecule is Clc1ccc(CC2CCNCC2)cc1.NC1CCCCC1. The van der Waals surface area contributed by atoms with E-state index in [1.165, 1.54) is 70.0 Å². The monoisotopic (exact) mass is 308 g/mol. The highest BCUT2D eigenvalue weighted by molar-refractivity contribution is 6.30. The average Bonchev–Trinajstić information content (AvgIpc) is 2.52. The molecule has 1 heterocycles. The highest BCUT2D eigenvalue weighted by atomic mass is 35.5. The van der Waals surface area contributed by atoms with E-state index >= 15 is 0 Å². The number of nitrogens with two attached hydrogens (primary N) is 1. The van der Waals surface area contributed by atoms with E-state index in [0.717, 1.165) is 10.9 Å². The van der Waals surface area contributed by atoms with Crippen LogP contribution in [0.4, 0.5) is 0 Å². The van der Waals surface area contributed by atoms with Crippen LogP contribution in [0.1, 0.15) is 50.5 Å². The maximum Gasteiger partial charge on any atom is 0.0406 e. The van der Waals surface area contributed by atoms with Gasteiger partial charge in [-0.2, -0.15) is 0 Å². The minimum Gasteiger partial charge on any atom is -0.328 e. The second kappa shape index (κ2) is 9.45. The molecule has 0 unspecified atom stereocenters. The fourth-order valence-corrected chi connectivity index (χ4v) is 3.30. The van der Waals surface area contributed by atoms with Gasteiger partial charge in [0.25, 0.3) is 0 Å². The Morgan fingerprint density at radius 2 is 1.57 bits per heavy atom. The Hall–Kier alpha value is -0.570. The molecule has 3 heteroatoms. The third-order valence-electron chi connectivity index (χ3n) is 4.55. The number of hydrogen-bond acceptors (Lipinski definition) is 2. The Morgan fingerprint density at radius 3 is 2.10 bits per heavy atom. The van der Waals surface area contributed by atoms with Gasteiger partial charge in [0.1, 0.15) is 0 Å². The molecule has 0 aromatic heterocycles. The molecule has 0 atom stereocenters. The number of rotatable bonds is 2. The summed E-state index contributed by atoms with van der Waals surface area (Å²) in [4.78, 5) is 0. The van der Waals surface area contributed by atoms with E-state index < -0.39 is 0 Å². The molecule has 1 saturated heterocycles. The van der Waals surface area contributed by atoms with Crippen molar-refractivity contribution in [3.05, 3.63) is 34.9 Å². The minimum atomic E-state index is 0.536. The first-order valence-corrected chi connectivity index (χ1v) is 8.82. The topological polar surface area (TPSA) is 38.0 Å². The highest BCUT2D eigenvalue weighted by Crippen LogP contribution is 2.19. The van der Waals surface area contributed by atoms with Crippen LogP contribution in [0, 0.1) is 5.92 Å². The molecule has 1 aliphatic heterocycles. The largest absolute Gasteiger partial charge is 0.328 e. The van der Waals surface area contributed by atoms with Crippen molar-refractivity contribution in [2.24, 2.45) is 11.7 Å². The van der Waals surface area contributed by atoms with E-state index in [4.69, 9.17) is 17.3 Å². The lowest BCUT2D eigenvalue weighted by Gasteiger charge is -2.22. The van der Waals surface area contributed by atoms with E-state index in [2.05, 4.69) is 17.4 Å². The predicted molar refractivity (Wildman–Crippen MR) is 91.8 cm³/mol. The van der Waals surface area contributed by atoms with Gasteiger partial charge in [0.15, 0.2) is 0 Å². The number of benzene rings is 1. The third-order valence-corrected chi connectivity index (χ3v) is 4.80. The van der Waals surface area contributed by atoms with Crippen molar-refractivity contribution in [3.63, 3.8) is 0 Å². The van der Waals surface area contributed by atoms with E-state index in [-0.39, 0.29) is 0 Å². The molecule has 21 heavy (non-hydrogen) atoms. The average molecular weight is 309 g/mol. The first-order valence-electron chi connectivity index (χ1n) is 8.45. The normalized spacial score (nSPS) is 20.7. The Labute approximate surface area is 134 Å². The molecule has 1 aromatic rings. The molecular formula is C18H29ClN2. The molecule has 1 aliphatic carbocycles. The quantitative estimate of drug-likeness (QED) is 0.861. The van der Waals surface area contributed by atoms with Crippen LogP contribution in [0.2, 0.25) is 5.02 Å². The lowest BCUT2D eigenvalue weighted by Crippen LogP contribution is -2.28. The predicted octanol–water partition coefficient (Wildman–Crippen LogP) is 4.16. The van der Waals surface area contributed by atoms with Crippen molar-refractivity contribution >= 4 is 11.6 Å². The Balaban J connectivity index is 0.000000194. The molecular weight excluding hydrogens is 280 g/mol. The van der Waals surface area contributed by atoms with Crippen LogP contribution in [-0.4, -0.2) is 19.1 Å². The van der Waals surface area contributed by atoms with E-state index in [9.17, 15) is 0 Å². The Kier molecular flexibility index (Phi) is 7.56. The summed E-state index contributed by atoms with van der Waals surface area (Å²) < 4.78 is 0. The zero-order valence-electron chi connectivity index (χ0n) is 13.0. The van der Waals surface area contributed by atoms with Crippen molar-refractivity contribution in [1.29, 1.82) is 0 Å². The van der Waals surface area contributed by atoms with Crippen LogP contribution in [0.25, 0.3) is 0 Å². The molecule has 1 saturated carbocycles. The van der Waals surface area contributed by atoms with Gasteiger partial charge < -0.3 is 11.1 Å². The third kappa shape index (κ3) is 6.82. The molecule has 118 valence electrons. The van der Waals surface area contributed by atoms with Gasteiger partial charge in [0.2, 0.25) is 0 Å². The van der Waals surface area contributed by atoms with Gasteiger partial charge >= 0.3 is 0 Å². The van der Waals surface area contributed by atoms with Crippen LogP contribution >= 0.6 is 11.6 Å². The van der Waals surface area contributed by atoms with Crippen molar-refractivity contribution in [2.75, 3.05) is 13.1 Å². The summed E-state index contributed by atoms with van der Waals surface area (Å²) in [5.74, 6) is 0.859. The molecule has 3 N–H and O–H groups in total. The van der Waals surface area contributed by atoms with Gasteiger partial charge in [-0.05, 0) is 68.8 Å². The van der Waals surface area contributed by atoms with Crippen molar-refractivity contribution in [3.8, 4) is 0 Å². The van der Waals surface area contributed by atoms with Gasteiger partial charge in [-0.15, -0.1) is 0 Å².